The summed E-state index contributed by atoms with van der Waals surface area (Å²) < 4.78 is 6.03. The van der Waals surface area contributed by atoms with Gasteiger partial charge in [-0.25, -0.2) is 5.06 Å². The number of amides is 1. The number of piperidine rings is 1. The molecular formula is C18H25N3O3. The Bertz CT molecular complexity index is 562. The number of ether oxygens (including phenoxy) is 1. The van der Waals surface area contributed by atoms with E-state index in [0.29, 0.717) is 25.2 Å². The summed E-state index contributed by atoms with van der Waals surface area (Å²) in [5, 5.41) is 1.55. The molecule has 0 unspecified atom stereocenters. The van der Waals surface area contributed by atoms with Crippen LogP contribution in [0.5, 0.6) is 0 Å². The number of carbonyl (C=O) groups is 1. The minimum Gasteiger partial charge on any atom is -0.377 e. The van der Waals surface area contributed by atoms with Gasteiger partial charge in [0.1, 0.15) is 0 Å². The van der Waals surface area contributed by atoms with E-state index in [1.807, 2.05) is 12.3 Å². The summed E-state index contributed by atoms with van der Waals surface area (Å²) in [5.74, 6) is 0.485. The first kappa shape index (κ1) is 16.0. The molecule has 6 nitrogen and oxygen atoms in total. The average Bonchev–Trinajstić information content (AvgIpc) is 3.16. The molecule has 0 N–H and O–H groups in total. The SMILES string of the molecule is O=C([C@@H]1CO[C@@H]2CCN(Cc3cccnc3)C[C@@H]2C1)N1CCCO1. The van der Waals surface area contributed by atoms with E-state index in [0.717, 1.165) is 45.4 Å². The van der Waals surface area contributed by atoms with E-state index < -0.39 is 0 Å². The van der Waals surface area contributed by atoms with Crippen molar-refractivity contribution in [3.05, 3.63) is 30.1 Å². The predicted molar refractivity (Wildman–Crippen MR) is 87.8 cm³/mol. The van der Waals surface area contributed by atoms with Gasteiger partial charge in [0, 0.05) is 32.0 Å². The standard InChI is InChI=1S/C18H25N3O3/c22-18(21-6-2-8-24-21)16-9-15-12-20(7-4-17(15)23-13-16)11-14-3-1-5-19-10-14/h1,3,5,10,15-17H,2,4,6-9,11-13H2/t15-,16-,17+/m0/s1. The molecule has 1 aromatic heterocycles. The van der Waals surface area contributed by atoms with E-state index >= 15 is 0 Å². The highest BCUT2D eigenvalue weighted by Gasteiger charge is 2.40. The maximum atomic E-state index is 12.5. The molecule has 3 atom stereocenters. The van der Waals surface area contributed by atoms with E-state index in [9.17, 15) is 4.79 Å². The Hall–Kier alpha value is -1.50. The number of hydroxylamine groups is 2. The van der Waals surface area contributed by atoms with Gasteiger partial charge < -0.3 is 4.74 Å². The van der Waals surface area contributed by atoms with Crippen molar-refractivity contribution in [3.63, 3.8) is 0 Å². The van der Waals surface area contributed by atoms with Gasteiger partial charge >= 0.3 is 0 Å². The molecule has 3 aliphatic heterocycles. The summed E-state index contributed by atoms with van der Waals surface area (Å²) in [6.07, 6.45) is 6.93. The molecule has 1 aromatic rings. The van der Waals surface area contributed by atoms with Crippen molar-refractivity contribution in [1.29, 1.82) is 0 Å². The molecule has 24 heavy (non-hydrogen) atoms. The Balaban J connectivity index is 1.35. The number of hydrogen-bond acceptors (Lipinski definition) is 5. The summed E-state index contributed by atoms with van der Waals surface area (Å²) in [4.78, 5) is 24.6. The predicted octanol–water partition coefficient (Wildman–Crippen LogP) is 1.47. The molecule has 3 fully saturated rings. The molecule has 6 heteroatoms. The number of carbonyl (C=O) groups excluding carboxylic acids is 1. The minimum atomic E-state index is -0.0531. The van der Waals surface area contributed by atoms with Crippen molar-refractivity contribution in [2.24, 2.45) is 11.8 Å². The molecule has 4 heterocycles. The van der Waals surface area contributed by atoms with Gasteiger partial charge in [-0.2, -0.15) is 0 Å². The summed E-state index contributed by atoms with van der Waals surface area (Å²) in [7, 11) is 0. The van der Waals surface area contributed by atoms with Crippen LogP contribution in [-0.4, -0.2) is 59.8 Å². The summed E-state index contributed by atoms with van der Waals surface area (Å²) >= 11 is 0. The smallest absolute Gasteiger partial charge is 0.251 e. The fourth-order valence-corrected chi connectivity index (χ4v) is 4.10. The Kier molecular flexibility index (Phi) is 4.78. The fraction of sp³-hybridized carbons (Fsp3) is 0.667. The highest BCUT2D eigenvalue weighted by atomic mass is 16.7. The molecule has 0 spiro atoms. The monoisotopic (exact) mass is 331 g/mol. The lowest BCUT2D eigenvalue weighted by Crippen LogP contribution is -2.50. The van der Waals surface area contributed by atoms with Crippen molar-refractivity contribution < 1.29 is 14.4 Å². The van der Waals surface area contributed by atoms with Crippen LogP contribution in [0.2, 0.25) is 0 Å². The van der Waals surface area contributed by atoms with Gasteiger partial charge in [0.15, 0.2) is 0 Å². The van der Waals surface area contributed by atoms with Crippen LogP contribution in [0.15, 0.2) is 24.5 Å². The van der Waals surface area contributed by atoms with E-state index in [1.165, 1.54) is 5.56 Å². The number of pyridine rings is 1. The van der Waals surface area contributed by atoms with Crippen LogP contribution in [0.3, 0.4) is 0 Å². The first-order valence-electron chi connectivity index (χ1n) is 8.97. The second kappa shape index (κ2) is 7.17. The Labute approximate surface area is 142 Å². The van der Waals surface area contributed by atoms with Crippen LogP contribution in [-0.2, 0) is 20.9 Å². The number of fused-ring (bicyclic) bond motifs is 1. The maximum Gasteiger partial charge on any atom is 0.251 e. The number of likely N-dealkylation sites (tertiary alicyclic amines) is 1. The van der Waals surface area contributed by atoms with Crippen molar-refractivity contribution in [2.45, 2.75) is 31.9 Å². The van der Waals surface area contributed by atoms with E-state index in [2.05, 4.69) is 16.0 Å². The van der Waals surface area contributed by atoms with Gasteiger partial charge in [0.2, 0.25) is 0 Å². The zero-order chi connectivity index (χ0) is 16.4. The average molecular weight is 331 g/mol. The van der Waals surface area contributed by atoms with Gasteiger partial charge in [0.25, 0.3) is 5.91 Å². The van der Waals surface area contributed by atoms with Crippen LogP contribution in [0, 0.1) is 11.8 Å². The van der Waals surface area contributed by atoms with Crippen LogP contribution >= 0.6 is 0 Å². The number of hydrogen-bond donors (Lipinski definition) is 0. The summed E-state index contributed by atoms with van der Waals surface area (Å²) in [5.41, 5.74) is 1.24. The maximum absolute atomic E-state index is 12.5. The zero-order valence-electron chi connectivity index (χ0n) is 14.0. The zero-order valence-corrected chi connectivity index (χ0v) is 14.0. The molecule has 1 amide bonds. The Morgan fingerprint density at radius 3 is 3.12 bits per heavy atom. The third kappa shape index (κ3) is 3.45. The normalized spacial score (nSPS) is 31.0. The number of aromatic nitrogens is 1. The molecule has 0 aliphatic carbocycles. The van der Waals surface area contributed by atoms with E-state index in [1.54, 1.807) is 11.3 Å². The molecule has 130 valence electrons. The lowest BCUT2D eigenvalue weighted by Gasteiger charge is -2.43. The molecule has 0 radical (unpaired) electrons. The van der Waals surface area contributed by atoms with Gasteiger partial charge in [-0.05, 0) is 36.8 Å². The molecule has 0 saturated carbocycles. The van der Waals surface area contributed by atoms with Gasteiger partial charge in [-0.3, -0.25) is 19.5 Å². The molecular weight excluding hydrogens is 306 g/mol. The second-order valence-corrected chi connectivity index (χ2v) is 7.08. The van der Waals surface area contributed by atoms with Crippen LogP contribution in [0.25, 0.3) is 0 Å². The molecule has 0 bridgehead atoms. The Morgan fingerprint density at radius 1 is 1.38 bits per heavy atom. The third-order valence-corrected chi connectivity index (χ3v) is 5.32. The first-order valence-corrected chi connectivity index (χ1v) is 8.97. The summed E-state index contributed by atoms with van der Waals surface area (Å²) in [6, 6.07) is 4.10. The highest BCUT2D eigenvalue weighted by Crippen LogP contribution is 2.33. The number of rotatable bonds is 3. The van der Waals surface area contributed by atoms with Crippen LogP contribution in [0.4, 0.5) is 0 Å². The van der Waals surface area contributed by atoms with Crippen LogP contribution in [0.1, 0.15) is 24.8 Å². The van der Waals surface area contributed by atoms with E-state index in [4.69, 9.17) is 9.57 Å². The largest absolute Gasteiger partial charge is 0.377 e. The fourth-order valence-electron chi connectivity index (χ4n) is 4.10. The van der Waals surface area contributed by atoms with Crippen molar-refractivity contribution in [1.82, 2.24) is 14.9 Å². The van der Waals surface area contributed by atoms with Gasteiger partial charge in [-0.1, -0.05) is 6.07 Å². The quantitative estimate of drug-likeness (QED) is 0.840. The highest BCUT2D eigenvalue weighted by molar-refractivity contribution is 5.78. The molecule has 3 saturated heterocycles. The van der Waals surface area contributed by atoms with Gasteiger partial charge in [0.05, 0.1) is 31.8 Å². The lowest BCUT2D eigenvalue weighted by molar-refractivity contribution is -0.183. The van der Waals surface area contributed by atoms with E-state index in [-0.39, 0.29) is 11.8 Å². The van der Waals surface area contributed by atoms with Crippen LogP contribution < -0.4 is 0 Å². The third-order valence-electron chi connectivity index (χ3n) is 5.32. The lowest BCUT2D eigenvalue weighted by atomic mass is 9.83. The van der Waals surface area contributed by atoms with Crippen molar-refractivity contribution in [3.8, 4) is 0 Å². The topological polar surface area (TPSA) is 54.9 Å². The molecule has 4 rings (SSSR count). The minimum absolute atomic E-state index is 0.0531. The molecule has 0 aromatic carbocycles. The first-order chi connectivity index (χ1) is 11.8. The number of nitrogens with zero attached hydrogens (tertiary/aromatic N) is 3. The Morgan fingerprint density at radius 2 is 2.33 bits per heavy atom. The van der Waals surface area contributed by atoms with Crippen molar-refractivity contribution >= 4 is 5.91 Å². The summed E-state index contributed by atoms with van der Waals surface area (Å²) in [6.45, 7) is 4.88. The second-order valence-electron chi connectivity index (χ2n) is 7.08. The van der Waals surface area contributed by atoms with Gasteiger partial charge in [-0.15, -0.1) is 0 Å². The van der Waals surface area contributed by atoms with Crippen molar-refractivity contribution in [2.75, 3.05) is 32.8 Å². The molecule has 3 aliphatic rings.